The predicted octanol–water partition coefficient (Wildman–Crippen LogP) is 1.51. The molecule has 0 aromatic heterocycles. The van der Waals surface area contributed by atoms with Gasteiger partial charge in [-0.1, -0.05) is 30.3 Å². The average molecular weight is 402 g/mol. The summed E-state index contributed by atoms with van der Waals surface area (Å²) in [5.74, 6) is -2.35. The van der Waals surface area contributed by atoms with E-state index in [-0.39, 0.29) is 6.54 Å². The zero-order valence-electron chi connectivity index (χ0n) is 16.0. The number of rotatable bonds is 9. The zero-order valence-corrected chi connectivity index (χ0v) is 16.0. The standard InChI is InChI=1S/C21H23FN2O5/c1-2-24(12-15-7-6-10-17(22)11-15)19(26)14-29-21(28)18(13-25)23-20(27)16-8-4-3-5-9-16/h3-11,18,25H,2,12-14H2,1H3,(H,23,27). The summed E-state index contributed by atoms with van der Waals surface area (Å²) in [5, 5.41) is 11.8. The van der Waals surface area contributed by atoms with Gasteiger partial charge >= 0.3 is 5.97 Å². The van der Waals surface area contributed by atoms with Gasteiger partial charge in [-0.2, -0.15) is 0 Å². The van der Waals surface area contributed by atoms with E-state index in [1.165, 1.54) is 17.0 Å². The molecule has 2 N–H and O–H groups in total. The number of carbonyl (C=O) groups is 3. The SMILES string of the molecule is CCN(Cc1cccc(F)c1)C(=O)COC(=O)C(CO)NC(=O)c1ccccc1. The van der Waals surface area contributed by atoms with Crippen LogP contribution in [-0.4, -0.2) is 53.6 Å². The molecule has 2 rings (SSSR count). The largest absolute Gasteiger partial charge is 0.454 e. The minimum absolute atomic E-state index is 0.165. The van der Waals surface area contributed by atoms with E-state index in [0.717, 1.165) is 0 Å². The summed E-state index contributed by atoms with van der Waals surface area (Å²) < 4.78 is 18.3. The van der Waals surface area contributed by atoms with Gasteiger partial charge in [-0.25, -0.2) is 9.18 Å². The number of hydrogen-bond acceptors (Lipinski definition) is 5. The third-order valence-electron chi connectivity index (χ3n) is 4.14. The third kappa shape index (κ3) is 6.69. The Hall–Kier alpha value is -3.26. The van der Waals surface area contributed by atoms with Gasteiger partial charge in [0.1, 0.15) is 5.82 Å². The molecule has 0 aliphatic carbocycles. The van der Waals surface area contributed by atoms with Gasteiger partial charge in [0.15, 0.2) is 12.6 Å². The van der Waals surface area contributed by atoms with Crippen LogP contribution in [0.5, 0.6) is 0 Å². The number of aliphatic hydroxyl groups is 1. The number of benzene rings is 2. The maximum Gasteiger partial charge on any atom is 0.331 e. The number of esters is 1. The molecule has 0 radical (unpaired) electrons. The van der Waals surface area contributed by atoms with E-state index in [4.69, 9.17) is 4.74 Å². The van der Waals surface area contributed by atoms with Gasteiger partial charge in [-0.15, -0.1) is 0 Å². The maximum atomic E-state index is 13.3. The molecule has 8 heteroatoms. The van der Waals surface area contributed by atoms with E-state index in [9.17, 15) is 23.9 Å². The van der Waals surface area contributed by atoms with Gasteiger partial charge in [-0.05, 0) is 36.8 Å². The molecule has 2 aromatic rings. The Morgan fingerprint density at radius 3 is 2.48 bits per heavy atom. The highest BCUT2D eigenvalue weighted by Gasteiger charge is 2.24. The van der Waals surface area contributed by atoms with E-state index in [0.29, 0.717) is 17.7 Å². The van der Waals surface area contributed by atoms with Crippen molar-refractivity contribution >= 4 is 17.8 Å². The lowest BCUT2D eigenvalue weighted by Crippen LogP contribution is -2.45. The minimum Gasteiger partial charge on any atom is -0.454 e. The van der Waals surface area contributed by atoms with Crippen molar-refractivity contribution in [2.75, 3.05) is 19.8 Å². The molecule has 7 nitrogen and oxygen atoms in total. The number of likely N-dealkylation sites (N-methyl/N-ethyl adjacent to an activating group) is 1. The van der Waals surface area contributed by atoms with Crippen LogP contribution in [-0.2, 0) is 20.9 Å². The average Bonchev–Trinajstić information content (AvgIpc) is 2.74. The smallest absolute Gasteiger partial charge is 0.331 e. The first kappa shape index (κ1) is 22.0. The Morgan fingerprint density at radius 1 is 1.14 bits per heavy atom. The number of ether oxygens (including phenoxy) is 1. The topological polar surface area (TPSA) is 95.9 Å². The van der Waals surface area contributed by atoms with E-state index in [1.54, 1.807) is 49.4 Å². The molecule has 2 aromatic carbocycles. The van der Waals surface area contributed by atoms with E-state index >= 15 is 0 Å². The molecule has 0 saturated carbocycles. The predicted molar refractivity (Wildman–Crippen MR) is 103 cm³/mol. The zero-order chi connectivity index (χ0) is 21.2. The van der Waals surface area contributed by atoms with Gasteiger partial charge < -0.3 is 20.1 Å². The van der Waals surface area contributed by atoms with Gasteiger partial charge in [0.25, 0.3) is 11.8 Å². The Bertz CT molecular complexity index is 844. The molecular weight excluding hydrogens is 379 g/mol. The van der Waals surface area contributed by atoms with E-state index in [2.05, 4.69) is 5.32 Å². The van der Waals surface area contributed by atoms with Crippen LogP contribution in [0.15, 0.2) is 54.6 Å². The van der Waals surface area contributed by atoms with Gasteiger partial charge in [0.2, 0.25) is 0 Å². The van der Waals surface area contributed by atoms with Crippen molar-refractivity contribution in [1.82, 2.24) is 10.2 Å². The van der Waals surface area contributed by atoms with Crippen molar-refractivity contribution in [2.24, 2.45) is 0 Å². The highest BCUT2D eigenvalue weighted by atomic mass is 19.1. The van der Waals surface area contributed by atoms with Crippen LogP contribution < -0.4 is 5.32 Å². The fourth-order valence-electron chi connectivity index (χ4n) is 2.57. The lowest BCUT2D eigenvalue weighted by atomic mass is 10.2. The number of amides is 2. The summed E-state index contributed by atoms with van der Waals surface area (Å²) >= 11 is 0. The number of halogens is 1. The number of carbonyl (C=O) groups excluding carboxylic acids is 3. The van der Waals surface area contributed by atoms with Crippen LogP contribution in [0, 0.1) is 5.82 Å². The van der Waals surface area contributed by atoms with Crippen molar-refractivity contribution in [2.45, 2.75) is 19.5 Å². The number of aliphatic hydroxyl groups excluding tert-OH is 1. The molecule has 0 spiro atoms. The summed E-state index contributed by atoms with van der Waals surface area (Å²) in [4.78, 5) is 38.0. The van der Waals surface area contributed by atoms with Crippen molar-refractivity contribution < 1.29 is 28.6 Å². The summed E-state index contributed by atoms with van der Waals surface area (Å²) in [6.07, 6.45) is 0. The second kappa shape index (κ2) is 10.9. The first-order valence-electron chi connectivity index (χ1n) is 9.10. The van der Waals surface area contributed by atoms with Gasteiger partial charge in [0, 0.05) is 18.7 Å². The Kier molecular flexibility index (Phi) is 8.29. The number of nitrogens with one attached hydrogen (secondary N) is 1. The van der Waals surface area contributed by atoms with Crippen LogP contribution in [0.3, 0.4) is 0 Å². The molecule has 0 saturated heterocycles. The Labute approximate surface area is 168 Å². The molecule has 0 aliphatic heterocycles. The normalized spacial score (nSPS) is 11.4. The molecule has 0 bridgehead atoms. The van der Waals surface area contributed by atoms with Gasteiger partial charge in [0.05, 0.1) is 6.61 Å². The second-order valence-electron chi connectivity index (χ2n) is 6.22. The summed E-state index contributed by atoms with van der Waals surface area (Å²) in [6.45, 7) is 1.02. The summed E-state index contributed by atoms with van der Waals surface area (Å²) in [5.41, 5.74) is 0.928. The van der Waals surface area contributed by atoms with Crippen LogP contribution in [0.4, 0.5) is 4.39 Å². The molecule has 0 heterocycles. The van der Waals surface area contributed by atoms with Gasteiger partial charge in [-0.3, -0.25) is 9.59 Å². The molecular formula is C21H23FN2O5. The fraction of sp³-hybridized carbons (Fsp3) is 0.286. The van der Waals surface area contributed by atoms with Crippen LogP contribution in [0.1, 0.15) is 22.8 Å². The summed E-state index contributed by atoms with van der Waals surface area (Å²) in [6, 6.07) is 12.8. The van der Waals surface area contributed by atoms with Crippen molar-refractivity contribution in [3.05, 3.63) is 71.5 Å². The molecule has 154 valence electrons. The lowest BCUT2D eigenvalue weighted by molar-refractivity contribution is -0.154. The molecule has 0 aliphatic rings. The highest BCUT2D eigenvalue weighted by molar-refractivity contribution is 5.97. The lowest BCUT2D eigenvalue weighted by Gasteiger charge is -2.22. The van der Waals surface area contributed by atoms with Crippen LogP contribution in [0.25, 0.3) is 0 Å². The molecule has 29 heavy (non-hydrogen) atoms. The number of nitrogens with zero attached hydrogens (tertiary/aromatic N) is 1. The van der Waals surface area contributed by atoms with E-state index < -0.39 is 42.9 Å². The van der Waals surface area contributed by atoms with Crippen molar-refractivity contribution in [1.29, 1.82) is 0 Å². The third-order valence-corrected chi connectivity index (χ3v) is 4.14. The highest BCUT2D eigenvalue weighted by Crippen LogP contribution is 2.08. The first-order valence-corrected chi connectivity index (χ1v) is 9.10. The molecule has 1 unspecified atom stereocenters. The van der Waals surface area contributed by atoms with Crippen LogP contribution >= 0.6 is 0 Å². The maximum absolute atomic E-state index is 13.3. The number of hydrogen-bond donors (Lipinski definition) is 2. The van der Waals surface area contributed by atoms with Crippen LogP contribution in [0.2, 0.25) is 0 Å². The quantitative estimate of drug-likeness (QED) is 0.620. The molecule has 2 amide bonds. The second-order valence-corrected chi connectivity index (χ2v) is 6.22. The van der Waals surface area contributed by atoms with Crippen molar-refractivity contribution in [3.63, 3.8) is 0 Å². The molecule has 1 atom stereocenters. The Balaban J connectivity index is 1.89. The van der Waals surface area contributed by atoms with Crippen molar-refractivity contribution in [3.8, 4) is 0 Å². The van der Waals surface area contributed by atoms with E-state index in [1.807, 2.05) is 0 Å². The first-order chi connectivity index (χ1) is 13.9. The summed E-state index contributed by atoms with van der Waals surface area (Å²) in [7, 11) is 0. The minimum atomic E-state index is -1.30. The Morgan fingerprint density at radius 2 is 1.86 bits per heavy atom. The monoisotopic (exact) mass is 402 g/mol. The fourth-order valence-corrected chi connectivity index (χ4v) is 2.57. The molecule has 0 fully saturated rings.